The van der Waals surface area contributed by atoms with Crippen molar-refractivity contribution < 1.29 is 34.1 Å². The van der Waals surface area contributed by atoms with E-state index in [2.05, 4.69) is 4.84 Å². The maximum Gasteiger partial charge on any atom is 0.343 e. The van der Waals surface area contributed by atoms with Crippen LogP contribution in [0.5, 0.6) is 17.2 Å². The molecule has 1 fully saturated rings. The summed E-state index contributed by atoms with van der Waals surface area (Å²) in [6.45, 7) is 1.68. The van der Waals surface area contributed by atoms with Crippen LogP contribution in [0.2, 0.25) is 0 Å². The van der Waals surface area contributed by atoms with Crippen molar-refractivity contribution in [3.63, 3.8) is 0 Å². The van der Waals surface area contributed by atoms with Gasteiger partial charge in [-0.2, -0.15) is 0 Å². The zero-order chi connectivity index (χ0) is 32.9. The first-order valence-electron chi connectivity index (χ1n) is 13.9. The molecule has 1 unspecified atom stereocenters. The van der Waals surface area contributed by atoms with Gasteiger partial charge < -0.3 is 19.4 Å². The van der Waals surface area contributed by atoms with Crippen molar-refractivity contribution in [2.24, 2.45) is 0 Å². The molecule has 0 bridgehead atoms. The fourth-order valence-electron chi connectivity index (χ4n) is 4.52. The summed E-state index contributed by atoms with van der Waals surface area (Å²) in [5.74, 6) is -0.296. The van der Waals surface area contributed by atoms with Crippen molar-refractivity contribution in [1.82, 2.24) is 0 Å². The SMILES string of the molecule is CCC(CC(=O)Oc1cccc(Cc2ccccc2C(=O)Oc2ccc(P3(=S)SP(=S)(c4ccc(O)cc4)S3)cc2)c1)O[N+](=O)[O-]. The zero-order valence-corrected chi connectivity index (χ0v) is 29.3. The van der Waals surface area contributed by atoms with Gasteiger partial charge in [0.1, 0.15) is 23.4 Å². The lowest BCUT2D eigenvalue weighted by Gasteiger charge is -2.40. The van der Waals surface area contributed by atoms with Crippen molar-refractivity contribution in [2.45, 2.75) is 32.3 Å². The van der Waals surface area contributed by atoms with E-state index < -0.39 is 32.0 Å². The second kappa shape index (κ2) is 14.7. The molecule has 0 radical (unpaired) electrons. The van der Waals surface area contributed by atoms with Crippen molar-refractivity contribution in [2.75, 3.05) is 0 Å². The molecule has 1 aliphatic heterocycles. The Bertz CT molecular complexity index is 1860. The van der Waals surface area contributed by atoms with Gasteiger partial charge in [0.05, 0.1) is 20.9 Å². The van der Waals surface area contributed by atoms with Crippen LogP contribution in [0.15, 0.2) is 97.1 Å². The average Bonchev–Trinajstić information content (AvgIpc) is 3.00. The fourth-order valence-corrected chi connectivity index (χ4v) is 46.8. The molecule has 4 aromatic carbocycles. The van der Waals surface area contributed by atoms with Crippen LogP contribution in [0.4, 0.5) is 0 Å². The van der Waals surface area contributed by atoms with Gasteiger partial charge in [-0.05, 0) is 90.7 Å². The summed E-state index contributed by atoms with van der Waals surface area (Å²) in [5, 5.41) is 21.3. The number of phenols is 1. The Hall–Kier alpha value is -3.18. The molecular weight excluding hydrogens is 705 g/mol. The number of esters is 2. The average molecular weight is 732 g/mol. The van der Waals surface area contributed by atoms with Gasteiger partial charge in [-0.25, -0.2) is 4.79 Å². The maximum atomic E-state index is 13.3. The lowest BCUT2D eigenvalue weighted by molar-refractivity contribution is -0.768. The minimum Gasteiger partial charge on any atom is -0.508 e. The normalized spacial score (nSPS) is 19.3. The van der Waals surface area contributed by atoms with Gasteiger partial charge in [-0.1, -0.05) is 82.9 Å². The molecule has 238 valence electrons. The Morgan fingerprint density at radius 3 is 2.13 bits per heavy atom. The van der Waals surface area contributed by atoms with E-state index in [1.165, 1.54) is 0 Å². The Balaban J connectivity index is 1.21. The molecule has 0 amide bonds. The Morgan fingerprint density at radius 1 is 0.870 bits per heavy atom. The number of benzene rings is 4. The van der Waals surface area contributed by atoms with Gasteiger partial charge in [-0.3, -0.25) is 4.79 Å². The standard InChI is InChI=1S/C31H27NO8P2S4/c1-2-24(40-32(36)37)20-30(34)38-26-8-5-6-21(19-26)18-22-7-3-4-9-29(22)31(35)39-25-12-16-28(17-13-25)42(44)45-41(43,46-42)27-14-10-23(33)11-15-27/h3-17,19,24,33H,2,18,20H2,1H3. The first kappa shape index (κ1) is 34.2. The number of aromatic hydroxyl groups is 1. The zero-order valence-electron chi connectivity index (χ0n) is 24.2. The number of phenolic OH excluding ortho intramolecular Hbond substituents is 1. The highest BCUT2D eigenvalue weighted by Crippen LogP contribution is 3.04. The third kappa shape index (κ3) is 8.39. The molecule has 1 saturated heterocycles. The summed E-state index contributed by atoms with van der Waals surface area (Å²) in [5.41, 5.74) is 1.89. The van der Waals surface area contributed by atoms with E-state index in [-0.39, 0.29) is 24.3 Å². The Kier molecular flexibility index (Phi) is 10.9. The lowest BCUT2D eigenvalue weighted by atomic mass is 9.99. The van der Waals surface area contributed by atoms with Crippen LogP contribution in [0.25, 0.3) is 0 Å². The molecule has 0 saturated carbocycles. The van der Waals surface area contributed by atoms with E-state index in [1.807, 2.05) is 42.5 Å². The fraction of sp³-hybridized carbons (Fsp3) is 0.161. The van der Waals surface area contributed by atoms with E-state index in [0.29, 0.717) is 17.7 Å². The number of carbonyl (C=O) groups is 2. The van der Waals surface area contributed by atoms with E-state index in [1.54, 1.807) is 83.5 Å². The van der Waals surface area contributed by atoms with Crippen molar-refractivity contribution in [1.29, 1.82) is 0 Å². The van der Waals surface area contributed by atoms with Crippen molar-refractivity contribution in [3.8, 4) is 17.2 Å². The summed E-state index contributed by atoms with van der Waals surface area (Å²) < 4.78 is 7.22. The molecule has 0 spiro atoms. The minimum absolute atomic E-state index is 0.201. The topological polar surface area (TPSA) is 125 Å². The molecule has 1 heterocycles. The monoisotopic (exact) mass is 731 g/mol. The second-order valence-electron chi connectivity index (χ2n) is 10.1. The van der Waals surface area contributed by atoms with Crippen LogP contribution in [-0.2, 0) is 39.7 Å². The maximum absolute atomic E-state index is 13.3. The molecule has 0 aliphatic carbocycles. The molecule has 9 nitrogen and oxygen atoms in total. The summed E-state index contributed by atoms with van der Waals surface area (Å²) in [7, 11) is 0. The number of rotatable bonds is 12. The molecule has 1 N–H and O–H groups in total. The quantitative estimate of drug-likeness (QED) is 0.0509. The van der Waals surface area contributed by atoms with E-state index in [0.717, 1.165) is 21.7 Å². The number of nitrogens with zero attached hydrogens (tertiary/aromatic N) is 1. The number of ether oxygens (including phenoxy) is 2. The molecule has 5 rings (SSSR count). The Labute approximate surface area is 283 Å². The molecular formula is C31H27NO8P2S4. The first-order chi connectivity index (χ1) is 22.0. The van der Waals surface area contributed by atoms with Crippen LogP contribution in [0.1, 0.15) is 41.3 Å². The molecule has 1 aliphatic rings. The highest BCUT2D eigenvalue weighted by molar-refractivity contribution is 9.48. The van der Waals surface area contributed by atoms with Crippen molar-refractivity contribution >= 4 is 77.0 Å². The van der Waals surface area contributed by atoms with E-state index in [9.17, 15) is 24.8 Å². The largest absolute Gasteiger partial charge is 0.508 e. The number of carbonyl (C=O) groups excluding carboxylic acids is 2. The molecule has 46 heavy (non-hydrogen) atoms. The predicted molar refractivity (Wildman–Crippen MR) is 191 cm³/mol. The van der Waals surface area contributed by atoms with Crippen LogP contribution in [0.3, 0.4) is 0 Å². The summed E-state index contributed by atoms with van der Waals surface area (Å²) in [4.78, 5) is 40.7. The van der Waals surface area contributed by atoms with Crippen molar-refractivity contribution in [3.05, 3.63) is 124 Å². The second-order valence-corrected chi connectivity index (χ2v) is 31.4. The summed E-state index contributed by atoms with van der Waals surface area (Å²) >= 11 is 15.3. The van der Waals surface area contributed by atoms with Gasteiger partial charge in [0.2, 0.25) is 0 Å². The van der Waals surface area contributed by atoms with Gasteiger partial charge in [-0.15, -0.1) is 10.1 Å². The summed E-state index contributed by atoms with van der Waals surface area (Å²) in [6, 6.07) is 28.2. The molecule has 15 heteroatoms. The molecule has 1 atom stereocenters. The third-order valence-corrected chi connectivity index (χ3v) is 38.0. The predicted octanol–water partition coefficient (Wildman–Crippen LogP) is 7.53. The number of hydrogen-bond donors (Lipinski definition) is 1. The van der Waals surface area contributed by atoms with Crippen LogP contribution < -0.4 is 20.1 Å². The lowest BCUT2D eigenvalue weighted by Crippen LogP contribution is -2.22. The number of hydrogen-bond acceptors (Lipinski definition) is 12. The smallest absolute Gasteiger partial charge is 0.343 e. The highest BCUT2D eigenvalue weighted by atomic mass is 33.7. The van der Waals surface area contributed by atoms with E-state index in [4.69, 9.17) is 33.1 Å². The van der Waals surface area contributed by atoms with Gasteiger partial charge in [0.25, 0.3) is 5.09 Å². The first-order valence-corrected chi connectivity index (χ1v) is 23.6. The van der Waals surface area contributed by atoms with Gasteiger partial charge >= 0.3 is 11.9 Å². The minimum atomic E-state index is -1.99. The van der Waals surface area contributed by atoms with Gasteiger partial charge in [0, 0.05) is 10.6 Å². The van der Waals surface area contributed by atoms with E-state index >= 15 is 0 Å². The molecule has 4 aromatic rings. The van der Waals surface area contributed by atoms with Gasteiger partial charge in [0.15, 0.2) is 0 Å². The highest BCUT2D eigenvalue weighted by Gasteiger charge is 2.45. The van der Waals surface area contributed by atoms with Crippen LogP contribution >= 0.6 is 30.9 Å². The molecule has 0 aromatic heterocycles. The third-order valence-electron chi connectivity index (χ3n) is 6.81. The van der Waals surface area contributed by atoms with Crippen LogP contribution in [0, 0.1) is 10.1 Å². The Morgan fingerprint density at radius 2 is 1.50 bits per heavy atom. The summed E-state index contributed by atoms with van der Waals surface area (Å²) in [6.07, 6.45) is -0.512. The van der Waals surface area contributed by atoms with Crippen LogP contribution in [-0.4, -0.2) is 28.2 Å².